The third-order valence-electron chi connectivity index (χ3n) is 3.95. The van der Waals surface area contributed by atoms with Gasteiger partial charge in [-0.15, -0.1) is 0 Å². The van der Waals surface area contributed by atoms with Crippen LogP contribution < -0.4 is 14.8 Å². The van der Waals surface area contributed by atoms with E-state index in [0.717, 1.165) is 25.9 Å². The van der Waals surface area contributed by atoms with Crippen molar-refractivity contribution in [1.29, 1.82) is 0 Å². The van der Waals surface area contributed by atoms with Crippen LogP contribution in [0.2, 0.25) is 0 Å². The highest BCUT2D eigenvalue weighted by molar-refractivity contribution is 5.95. The Kier molecular flexibility index (Phi) is 5.44. The van der Waals surface area contributed by atoms with Gasteiger partial charge in [0.25, 0.3) is 5.91 Å². The van der Waals surface area contributed by atoms with E-state index in [2.05, 4.69) is 5.32 Å². The van der Waals surface area contributed by atoms with E-state index >= 15 is 0 Å². The number of nitrogens with zero attached hydrogens (tertiary/aromatic N) is 1. The zero-order chi connectivity index (χ0) is 15.2. The normalized spacial score (nSPS) is 15.6. The predicted molar refractivity (Wildman–Crippen MR) is 82.1 cm³/mol. The highest BCUT2D eigenvalue weighted by Gasteiger charge is 2.25. The first-order valence-corrected chi connectivity index (χ1v) is 7.44. The summed E-state index contributed by atoms with van der Waals surface area (Å²) in [4.78, 5) is 14.8. The fourth-order valence-corrected chi connectivity index (χ4v) is 2.78. The summed E-state index contributed by atoms with van der Waals surface area (Å²) in [5, 5.41) is 3.33. The van der Waals surface area contributed by atoms with E-state index in [1.165, 1.54) is 0 Å². The van der Waals surface area contributed by atoms with Gasteiger partial charge in [0, 0.05) is 24.2 Å². The largest absolute Gasteiger partial charge is 0.497 e. The van der Waals surface area contributed by atoms with Crippen molar-refractivity contribution in [2.24, 2.45) is 0 Å². The quantitative estimate of drug-likeness (QED) is 0.901. The summed E-state index contributed by atoms with van der Waals surface area (Å²) >= 11 is 0. The molecule has 0 spiro atoms. The molecule has 0 bridgehead atoms. The summed E-state index contributed by atoms with van der Waals surface area (Å²) < 4.78 is 10.5. The number of benzene rings is 1. The van der Waals surface area contributed by atoms with Crippen molar-refractivity contribution in [2.75, 3.05) is 33.9 Å². The molecule has 0 radical (unpaired) electrons. The summed E-state index contributed by atoms with van der Waals surface area (Å²) in [6.45, 7) is 4.67. The third-order valence-corrected chi connectivity index (χ3v) is 3.95. The van der Waals surface area contributed by atoms with Crippen LogP contribution in [0.25, 0.3) is 0 Å². The van der Waals surface area contributed by atoms with Crippen LogP contribution in [-0.4, -0.2) is 50.7 Å². The van der Waals surface area contributed by atoms with E-state index in [9.17, 15) is 4.79 Å². The molecule has 1 aliphatic rings. The number of rotatable bonds is 5. The van der Waals surface area contributed by atoms with Gasteiger partial charge in [0.15, 0.2) is 0 Å². The van der Waals surface area contributed by atoms with Gasteiger partial charge in [0.2, 0.25) is 0 Å². The zero-order valence-electron chi connectivity index (χ0n) is 13.0. The number of methoxy groups -OCH3 is 2. The minimum atomic E-state index is 0.0431. The number of hydrogen-bond acceptors (Lipinski definition) is 4. The molecule has 1 aliphatic heterocycles. The molecule has 1 aromatic carbocycles. The molecule has 1 aromatic rings. The first kappa shape index (κ1) is 15.6. The van der Waals surface area contributed by atoms with E-state index in [-0.39, 0.29) is 5.91 Å². The Morgan fingerprint density at radius 2 is 1.76 bits per heavy atom. The molecular weight excluding hydrogens is 268 g/mol. The van der Waals surface area contributed by atoms with Crippen molar-refractivity contribution in [1.82, 2.24) is 10.2 Å². The Hall–Kier alpha value is -1.75. The van der Waals surface area contributed by atoms with E-state index in [1.54, 1.807) is 32.4 Å². The number of hydrogen-bond donors (Lipinski definition) is 1. The van der Waals surface area contributed by atoms with Crippen LogP contribution in [0.4, 0.5) is 0 Å². The Labute approximate surface area is 126 Å². The highest BCUT2D eigenvalue weighted by Crippen LogP contribution is 2.24. The minimum absolute atomic E-state index is 0.0431. The van der Waals surface area contributed by atoms with Crippen LogP contribution in [0.15, 0.2) is 18.2 Å². The highest BCUT2D eigenvalue weighted by atomic mass is 16.5. The first-order chi connectivity index (χ1) is 10.2. The Morgan fingerprint density at radius 3 is 2.24 bits per heavy atom. The van der Waals surface area contributed by atoms with Crippen LogP contribution >= 0.6 is 0 Å². The SMILES string of the molecule is CCN(C(=O)c1cc(OC)cc(OC)c1)C1CCNCC1. The molecule has 1 fully saturated rings. The van der Waals surface area contributed by atoms with Gasteiger partial charge in [-0.25, -0.2) is 0 Å². The lowest BCUT2D eigenvalue weighted by Crippen LogP contribution is -2.46. The first-order valence-electron chi connectivity index (χ1n) is 7.44. The van der Waals surface area contributed by atoms with E-state index < -0.39 is 0 Å². The molecule has 0 atom stereocenters. The standard InChI is InChI=1S/C16H24N2O3/c1-4-18(13-5-7-17-8-6-13)16(19)12-9-14(20-2)11-15(10-12)21-3/h9-11,13,17H,4-8H2,1-3H3. The number of piperidine rings is 1. The molecule has 1 saturated heterocycles. The van der Waals surface area contributed by atoms with Crippen molar-refractivity contribution >= 4 is 5.91 Å². The molecule has 0 aliphatic carbocycles. The monoisotopic (exact) mass is 292 g/mol. The smallest absolute Gasteiger partial charge is 0.254 e. The maximum atomic E-state index is 12.8. The maximum absolute atomic E-state index is 12.8. The number of ether oxygens (including phenoxy) is 2. The van der Waals surface area contributed by atoms with Crippen LogP contribution in [0.5, 0.6) is 11.5 Å². The van der Waals surface area contributed by atoms with Gasteiger partial charge >= 0.3 is 0 Å². The topological polar surface area (TPSA) is 50.8 Å². The summed E-state index contributed by atoms with van der Waals surface area (Å²) in [5.74, 6) is 1.32. The molecule has 0 aromatic heterocycles. The minimum Gasteiger partial charge on any atom is -0.497 e. The van der Waals surface area contributed by atoms with Crippen molar-refractivity contribution in [3.05, 3.63) is 23.8 Å². The van der Waals surface area contributed by atoms with E-state index in [1.807, 2.05) is 11.8 Å². The Balaban J connectivity index is 2.23. The number of carbonyl (C=O) groups is 1. The summed E-state index contributed by atoms with van der Waals surface area (Å²) in [6.07, 6.45) is 2.00. The molecule has 116 valence electrons. The second-order valence-electron chi connectivity index (χ2n) is 5.17. The van der Waals surface area contributed by atoms with Gasteiger partial charge in [0.05, 0.1) is 14.2 Å². The second-order valence-corrected chi connectivity index (χ2v) is 5.17. The van der Waals surface area contributed by atoms with Crippen LogP contribution in [0.1, 0.15) is 30.1 Å². The number of carbonyl (C=O) groups excluding carboxylic acids is 1. The van der Waals surface area contributed by atoms with Gasteiger partial charge in [-0.1, -0.05) is 0 Å². The van der Waals surface area contributed by atoms with E-state index in [4.69, 9.17) is 9.47 Å². The molecule has 1 amide bonds. The van der Waals surface area contributed by atoms with Gasteiger partial charge in [-0.05, 0) is 45.0 Å². The molecule has 21 heavy (non-hydrogen) atoms. The Bertz CT molecular complexity index is 462. The molecule has 5 heteroatoms. The summed E-state index contributed by atoms with van der Waals surface area (Å²) in [5.41, 5.74) is 0.617. The lowest BCUT2D eigenvalue weighted by Gasteiger charge is -2.34. The second kappa shape index (κ2) is 7.31. The average molecular weight is 292 g/mol. The molecule has 1 heterocycles. The molecule has 0 unspecified atom stereocenters. The van der Waals surface area contributed by atoms with Crippen molar-refractivity contribution in [3.8, 4) is 11.5 Å². The third kappa shape index (κ3) is 3.67. The van der Waals surface area contributed by atoms with Gasteiger partial charge in [-0.3, -0.25) is 4.79 Å². The number of nitrogens with one attached hydrogen (secondary N) is 1. The zero-order valence-corrected chi connectivity index (χ0v) is 13.0. The van der Waals surface area contributed by atoms with Crippen molar-refractivity contribution < 1.29 is 14.3 Å². The molecule has 5 nitrogen and oxygen atoms in total. The van der Waals surface area contributed by atoms with Gasteiger partial charge < -0.3 is 19.7 Å². The lowest BCUT2D eigenvalue weighted by atomic mass is 10.0. The van der Waals surface area contributed by atoms with Crippen LogP contribution in [0.3, 0.4) is 0 Å². The van der Waals surface area contributed by atoms with Gasteiger partial charge in [0.1, 0.15) is 11.5 Å². The fourth-order valence-electron chi connectivity index (χ4n) is 2.78. The van der Waals surface area contributed by atoms with E-state index in [0.29, 0.717) is 29.6 Å². The molecule has 1 N–H and O–H groups in total. The molecule has 2 rings (SSSR count). The lowest BCUT2D eigenvalue weighted by molar-refractivity contribution is 0.0655. The van der Waals surface area contributed by atoms with Gasteiger partial charge in [-0.2, -0.15) is 0 Å². The Morgan fingerprint density at radius 1 is 1.19 bits per heavy atom. The maximum Gasteiger partial charge on any atom is 0.254 e. The number of amides is 1. The average Bonchev–Trinajstić information content (AvgIpc) is 2.55. The molecular formula is C16H24N2O3. The fraction of sp³-hybridized carbons (Fsp3) is 0.562. The molecule has 0 saturated carbocycles. The van der Waals surface area contributed by atoms with Crippen molar-refractivity contribution in [3.63, 3.8) is 0 Å². The summed E-state index contributed by atoms with van der Waals surface area (Å²) in [6, 6.07) is 5.63. The van der Waals surface area contributed by atoms with Crippen molar-refractivity contribution in [2.45, 2.75) is 25.8 Å². The summed E-state index contributed by atoms with van der Waals surface area (Å²) in [7, 11) is 3.18. The van der Waals surface area contributed by atoms with Crippen LogP contribution in [0, 0.1) is 0 Å². The predicted octanol–water partition coefficient (Wildman–Crippen LogP) is 1.92. The van der Waals surface area contributed by atoms with Crippen LogP contribution in [-0.2, 0) is 0 Å².